The number of carbonyl (C=O) groups is 1. The monoisotopic (exact) mass is 398 g/mol. The van der Waals surface area contributed by atoms with Crippen LogP contribution in [0.4, 0.5) is 0 Å². The Labute approximate surface area is 164 Å². The third-order valence-corrected chi connectivity index (χ3v) is 5.91. The summed E-state index contributed by atoms with van der Waals surface area (Å²) in [7, 11) is -3.51. The third kappa shape index (κ3) is 3.45. The molecule has 0 bridgehead atoms. The van der Waals surface area contributed by atoms with Crippen LogP contribution in [-0.4, -0.2) is 35.3 Å². The van der Waals surface area contributed by atoms with Gasteiger partial charge in [0.15, 0.2) is 15.6 Å². The molecule has 3 rings (SSSR count). The minimum Gasteiger partial charge on any atom is -0.493 e. The van der Waals surface area contributed by atoms with Gasteiger partial charge in [0.2, 0.25) is 5.88 Å². The van der Waals surface area contributed by atoms with Crippen LogP contribution < -0.4 is 0 Å². The van der Waals surface area contributed by atoms with Crippen LogP contribution >= 0.6 is 0 Å². The number of aromatic nitrogens is 2. The summed E-state index contributed by atoms with van der Waals surface area (Å²) < 4.78 is 26.0. The summed E-state index contributed by atoms with van der Waals surface area (Å²) in [6.07, 6.45) is 2.48. The third-order valence-electron chi connectivity index (χ3n) is 4.77. The normalized spacial score (nSPS) is 11.6. The molecule has 3 aromatic rings. The van der Waals surface area contributed by atoms with Crippen molar-refractivity contribution in [1.29, 1.82) is 0 Å². The van der Waals surface area contributed by atoms with Crippen molar-refractivity contribution in [2.45, 2.75) is 32.2 Å². The molecule has 0 amide bonds. The molecule has 0 unspecified atom stereocenters. The fourth-order valence-corrected chi connectivity index (χ4v) is 4.19. The molecule has 0 aliphatic rings. The quantitative estimate of drug-likeness (QED) is 0.664. The molecule has 0 radical (unpaired) electrons. The molecule has 0 saturated heterocycles. The number of hydrogen-bond donors (Lipinski definition) is 1. The van der Waals surface area contributed by atoms with Gasteiger partial charge in [-0.05, 0) is 44.0 Å². The fourth-order valence-electron chi connectivity index (χ4n) is 3.24. The number of sulfone groups is 1. The zero-order chi connectivity index (χ0) is 20.6. The molecule has 0 fully saturated rings. The van der Waals surface area contributed by atoms with E-state index in [2.05, 4.69) is 5.10 Å². The van der Waals surface area contributed by atoms with Gasteiger partial charge in [-0.1, -0.05) is 29.8 Å². The Morgan fingerprint density at radius 1 is 1.07 bits per heavy atom. The molecule has 1 heterocycles. The maximum absolute atomic E-state index is 13.1. The van der Waals surface area contributed by atoms with Crippen molar-refractivity contribution in [2.24, 2.45) is 0 Å². The van der Waals surface area contributed by atoms with E-state index in [0.717, 1.165) is 11.8 Å². The lowest BCUT2D eigenvalue weighted by atomic mass is 9.92. The number of carbonyl (C=O) groups excluding carboxylic acids is 1. The van der Waals surface area contributed by atoms with E-state index in [1.807, 2.05) is 38.1 Å². The lowest BCUT2D eigenvalue weighted by Crippen LogP contribution is -2.09. The Balaban J connectivity index is 2.24. The number of aromatic hydroxyl groups is 1. The topological polar surface area (TPSA) is 89.3 Å². The summed E-state index contributed by atoms with van der Waals surface area (Å²) in [5.74, 6) is -0.598. The molecule has 0 atom stereocenters. The maximum Gasteiger partial charge on any atom is 0.220 e. The van der Waals surface area contributed by atoms with E-state index in [0.29, 0.717) is 28.8 Å². The molecule has 0 aliphatic heterocycles. The van der Waals surface area contributed by atoms with Crippen LogP contribution in [0.15, 0.2) is 47.5 Å². The standard InChI is InChI=1S/C21H22N2O4S/c1-5-23-21(25)17(12-22-23)20(24)16-10-11-18(28(4,26)27)19(14(16)3)15-8-6-13(2)7-9-15/h6-12,25H,5H2,1-4H3. The van der Waals surface area contributed by atoms with Crippen molar-refractivity contribution in [2.75, 3.05) is 6.26 Å². The predicted octanol–water partition coefficient (Wildman–Crippen LogP) is 3.53. The highest BCUT2D eigenvalue weighted by Crippen LogP contribution is 2.34. The Morgan fingerprint density at radius 2 is 1.71 bits per heavy atom. The molecule has 28 heavy (non-hydrogen) atoms. The Kier molecular flexibility index (Phi) is 5.12. The van der Waals surface area contributed by atoms with Crippen molar-refractivity contribution >= 4 is 15.6 Å². The Hall–Kier alpha value is -2.93. The van der Waals surface area contributed by atoms with Gasteiger partial charge in [-0.15, -0.1) is 0 Å². The van der Waals surface area contributed by atoms with Crippen molar-refractivity contribution in [3.8, 4) is 17.0 Å². The van der Waals surface area contributed by atoms with E-state index in [1.54, 1.807) is 6.92 Å². The maximum atomic E-state index is 13.1. The molecule has 6 nitrogen and oxygen atoms in total. The molecule has 0 aliphatic carbocycles. The zero-order valence-corrected chi connectivity index (χ0v) is 17.0. The van der Waals surface area contributed by atoms with Crippen LogP contribution in [0.3, 0.4) is 0 Å². The van der Waals surface area contributed by atoms with Crippen molar-refractivity contribution in [3.63, 3.8) is 0 Å². The Bertz CT molecular complexity index is 1160. The van der Waals surface area contributed by atoms with E-state index in [1.165, 1.54) is 23.0 Å². The van der Waals surface area contributed by atoms with E-state index < -0.39 is 15.6 Å². The van der Waals surface area contributed by atoms with Gasteiger partial charge in [0.05, 0.1) is 11.1 Å². The highest BCUT2D eigenvalue weighted by molar-refractivity contribution is 7.90. The number of rotatable bonds is 5. The second kappa shape index (κ2) is 7.24. The summed E-state index contributed by atoms with van der Waals surface area (Å²) in [6.45, 7) is 5.91. The molecular weight excluding hydrogens is 376 g/mol. The first-order valence-corrected chi connectivity index (χ1v) is 10.7. The van der Waals surface area contributed by atoms with E-state index in [-0.39, 0.29) is 16.3 Å². The van der Waals surface area contributed by atoms with Gasteiger partial charge in [0, 0.05) is 23.9 Å². The van der Waals surface area contributed by atoms with Gasteiger partial charge in [-0.2, -0.15) is 5.10 Å². The second-order valence-electron chi connectivity index (χ2n) is 6.78. The minimum absolute atomic E-state index is 0.0897. The zero-order valence-electron chi connectivity index (χ0n) is 16.2. The van der Waals surface area contributed by atoms with E-state index in [9.17, 15) is 18.3 Å². The van der Waals surface area contributed by atoms with Crippen molar-refractivity contribution in [1.82, 2.24) is 9.78 Å². The average Bonchev–Trinajstić information content (AvgIpc) is 3.01. The smallest absolute Gasteiger partial charge is 0.220 e. The first-order valence-electron chi connectivity index (χ1n) is 8.85. The molecule has 1 aromatic heterocycles. The van der Waals surface area contributed by atoms with Gasteiger partial charge in [0.1, 0.15) is 5.56 Å². The SMILES string of the molecule is CCn1ncc(C(=O)c2ccc(S(C)(=O)=O)c(-c3ccc(C)cc3)c2C)c1O. The van der Waals surface area contributed by atoms with Gasteiger partial charge in [-0.25, -0.2) is 13.1 Å². The number of benzene rings is 2. The number of hydrogen-bond acceptors (Lipinski definition) is 5. The van der Waals surface area contributed by atoms with E-state index >= 15 is 0 Å². The second-order valence-corrected chi connectivity index (χ2v) is 8.76. The van der Waals surface area contributed by atoms with Crippen LogP contribution in [0.1, 0.15) is 34.0 Å². The van der Waals surface area contributed by atoms with Crippen LogP contribution in [0, 0.1) is 13.8 Å². The van der Waals surface area contributed by atoms with Crippen LogP contribution in [0.2, 0.25) is 0 Å². The predicted molar refractivity (Wildman–Crippen MR) is 107 cm³/mol. The highest BCUT2D eigenvalue weighted by Gasteiger charge is 2.24. The summed E-state index contributed by atoms with van der Waals surface area (Å²) >= 11 is 0. The first-order chi connectivity index (χ1) is 13.1. The van der Waals surface area contributed by atoms with Gasteiger partial charge in [-0.3, -0.25) is 4.79 Å². The summed E-state index contributed by atoms with van der Waals surface area (Å²) in [5.41, 5.74) is 3.22. The lowest BCUT2D eigenvalue weighted by molar-refractivity contribution is 0.103. The highest BCUT2D eigenvalue weighted by atomic mass is 32.2. The van der Waals surface area contributed by atoms with Gasteiger partial charge in [0.25, 0.3) is 0 Å². The molecule has 1 N–H and O–H groups in total. The molecule has 0 spiro atoms. The van der Waals surface area contributed by atoms with Crippen molar-refractivity contribution in [3.05, 3.63) is 64.8 Å². The van der Waals surface area contributed by atoms with Crippen LogP contribution in [-0.2, 0) is 16.4 Å². The summed E-state index contributed by atoms with van der Waals surface area (Å²) in [6, 6.07) is 10.4. The number of ketones is 1. The lowest BCUT2D eigenvalue weighted by Gasteiger charge is -2.15. The Morgan fingerprint density at radius 3 is 2.25 bits per heavy atom. The number of nitrogens with zero attached hydrogens (tertiary/aromatic N) is 2. The summed E-state index contributed by atoms with van der Waals surface area (Å²) in [5, 5.41) is 14.2. The van der Waals surface area contributed by atoms with Gasteiger partial charge >= 0.3 is 0 Å². The largest absolute Gasteiger partial charge is 0.493 e. The fraction of sp³-hybridized carbons (Fsp3) is 0.238. The first kappa shape index (κ1) is 19.8. The van der Waals surface area contributed by atoms with E-state index in [4.69, 9.17) is 0 Å². The molecule has 146 valence electrons. The van der Waals surface area contributed by atoms with Gasteiger partial charge < -0.3 is 5.11 Å². The molecular formula is C21H22N2O4S. The number of aryl methyl sites for hydroxylation is 2. The molecule has 7 heteroatoms. The molecule has 2 aromatic carbocycles. The van der Waals surface area contributed by atoms with Crippen molar-refractivity contribution < 1.29 is 18.3 Å². The molecule has 0 saturated carbocycles. The van der Waals surface area contributed by atoms with Crippen LogP contribution in [0.5, 0.6) is 5.88 Å². The summed E-state index contributed by atoms with van der Waals surface area (Å²) in [4.78, 5) is 13.2. The van der Waals surface area contributed by atoms with Crippen LogP contribution in [0.25, 0.3) is 11.1 Å². The average molecular weight is 398 g/mol. The minimum atomic E-state index is -3.51.